The van der Waals surface area contributed by atoms with E-state index in [1.165, 1.54) is 18.3 Å². The second-order valence-corrected chi connectivity index (χ2v) is 11.3. The highest BCUT2D eigenvalue weighted by molar-refractivity contribution is 7.92. The van der Waals surface area contributed by atoms with E-state index in [4.69, 9.17) is 5.41 Å². The van der Waals surface area contributed by atoms with Gasteiger partial charge in [-0.05, 0) is 54.0 Å². The Balaban J connectivity index is 1.78. The van der Waals surface area contributed by atoms with Gasteiger partial charge in [0.2, 0.25) is 0 Å². The molecule has 0 amide bonds. The van der Waals surface area contributed by atoms with Gasteiger partial charge in [0, 0.05) is 43.0 Å². The number of aryl methyl sites for hydroxylation is 1. The average molecular weight is 563 g/mol. The molecule has 8 nitrogen and oxygen atoms in total. The summed E-state index contributed by atoms with van der Waals surface area (Å²) in [5, 5.41) is 19.8. The van der Waals surface area contributed by atoms with Gasteiger partial charge < -0.3 is 10.4 Å². The molecule has 198 valence electrons. The first-order valence-corrected chi connectivity index (χ1v) is 13.3. The molecule has 0 aliphatic rings. The molecule has 3 N–H and O–H groups in total. The van der Waals surface area contributed by atoms with Crippen LogP contribution in [0.15, 0.2) is 77.0 Å². The van der Waals surface area contributed by atoms with Gasteiger partial charge >= 0.3 is 12.1 Å². The minimum absolute atomic E-state index is 0.0296. The van der Waals surface area contributed by atoms with Gasteiger partial charge in [-0.3, -0.25) is 15.2 Å². The van der Waals surface area contributed by atoms with Crippen molar-refractivity contribution in [1.29, 1.82) is 5.41 Å². The van der Waals surface area contributed by atoms with Gasteiger partial charge in [-0.2, -0.15) is 21.6 Å². The maximum absolute atomic E-state index is 13.6. The molecule has 3 heterocycles. The van der Waals surface area contributed by atoms with Gasteiger partial charge in [0.1, 0.15) is 9.91 Å². The highest BCUT2D eigenvalue weighted by atomic mass is 32.2. The number of carbonyl (C=O) groups is 1. The van der Waals surface area contributed by atoms with E-state index in [0.29, 0.717) is 33.9 Å². The number of nitrogens with one attached hydrogen (secondary N) is 2. The Morgan fingerprint density at radius 3 is 2.61 bits per heavy atom. The van der Waals surface area contributed by atoms with Crippen molar-refractivity contribution in [1.82, 2.24) is 14.3 Å². The number of alkyl halides is 3. The third kappa shape index (κ3) is 5.48. The van der Waals surface area contributed by atoms with Gasteiger partial charge in [-0.25, -0.2) is 3.97 Å². The summed E-state index contributed by atoms with van der Waals surface area (Å²) in [5.74, 6) is -1.04. The molecule has 13 heteroatoms. The molecule has 0 aliphatic heterocycles. The Bertz CT molecular complexity index is 1660. The fourth-order valence-electron chi connectivity index (χ4n) is 3.83. The van der Waals surface area contributed by atoms with Crippen LogP contribution in [0.3, 0.4) is 0 Å². The zero-order valence-corrected chi connectivity index (χ0v) is 21.4. The van der Waals surface area contributed by atoms with E-state index >= 15 is 0 Å². The Labute approximate surface area is 219 Å². The number of carboxylic acids is 1. The number of benzene rings is 1. The number of thiophene rings is 1. The van der Waals surface area contributed by atoms with Crippen LogP contribution in [0, 0.1) is 5.41 Å². The first-order valence-electron chi connectivity index (χ1n) is 11.1. The molecule has 0 radical (unpaired) electrons. The summed E-state index contributed by atoms with van der Waals surface area (Å²) >= 11 is 0.667. The van der Waals surface area contributed by atoms with Crippen LogP contribution in [0.4, 0.5) is 13.2 Å². The lowest BCUT2D eigenvalue weighted by Crippen LogP contribution is -2.24. The number of nitrogens with zero attached hydrogens (tertiary/aromatic N) is 2. The van der Waals surface area contributed by atoms with Crippen molar-refractivity contribution in [3.05, 3.63) is 83.3 Å². The van der Waals surface area contributed by atoms with Crippen LogP contribution in [-0.4, -0.2) is 47.4 Å². The van der Waals surface area contributed by atoms with E-state index < -0.39 is 33.6 Å². The zero-order chi connectivity index (χ0) is 27.7. The number of halogens is 3. The number of aromatic nitrogens is 2. The van der Waals surface area contributed by atoms with Gasteiger partial charge in [0.15, 0.2) is 0 Å². The summed E-state index contributed by atoms with van der Waals surface area (Å²) < 4.78 is 67.2. The van der Waals surface area contributed by atoms with Gasteiger partial charge in [0.05, 0.1) is 16.1 Å². The molecular weight excluding hydrogens is 541 g/mol. The average Bonchev–Trinajstić information content (AvgIpc) is 3.52. The molecule has 0 saturated carbocycles. The molecule has 3 aromatic heterocycles. The van der Waals surface area contributed by atoms with E-state index in [-0.39, 0.29) is 21.9 Å². The Morgan fingerprint density at radius 2 is 1.97 bits per heavy atom. The third-order valence-corrected chi connectivity index (χ3v) is 8.94. The summed E-state index contributed by atoms with van der Waals surface area (Å²) in [5.41, 5.74) is 0.748. The lowest BCUT2D eigenvalue weighted by molar-refractivity contribution is -0.136. The molecule has 0 atom stereocenters. The summed E-state index contributed by atoms with van der Waals surface area (Å²) in [4.78, 5) is 15.3. The van der Waals surface area contributed by atoms with Crippen LogP contribution in [0.1, 0.15) is 16.9 Å². The SMILES string of the molecule is CN/C(=C\C(=N)c1ccc(S(=O)(=O)n2cc(CCC(=O)O)c3cc(-c4cccnc4)ccc32)s1)C(F)(F)F. The highest BCUT2D eigenvalue weighted by Gasteiger charge is 2.33. The number of pyridine rings is 1. The quantitative estimate of drug-likeness (QED) is 0.245. The summed E-state index contributed by atoms with van der Waals surface area (Å²) in [6, 6.07) is 11.2. The number of carboxylic acid groups (broad SMARTS) is 1. The van der Waals surface area contributed by atoms with E-state index in [2.05, 4.69) is 4.98 Å². The third-order valence-electron chi connectivity index (χ3n) is 5.68. The second kappa shape index (κ2) is 10.4. The van der Waals surface area contributed by atoms with Crippen molar-refractivity contribution in [3.63, 3.8) is 0 Å². The number of allylic oxidation sites excluding steroid dienone is 2. The van der Waals surface area contributed by atoms with Crippen LogP contribution in [-0.2, 0) is 21.2 Å². The molecule has 0 aliphatic carbocycles. The Hall–Kier alpha value is -3.97. The maximum atomic E-state index is 13.6. The highest BCUT2D eigenvalue weighted by Crippen LogP contribution is 2.33. The van der Waals surface area contributed by atoms with Crippen molar-refractivity contribution in [2.75, 3.05) is 7.05 Å². The van der Waals surface area contributed by atoms with Crippen LogP contribution >= 0.6 is 11.3 Å². The molecule has 4 aromatic rings. The van der Waals surface area contributed by atoms with Crippen LogP contribution in [0.25, 0.3) is 22.0 Å². The Kier molecular flexibility index (Phi) is 7.42. The molecule has 0 bridgehead atoms. The second-order valence-electron chi connectivity index (χ2n) is 8.16. The maximum Gasteiger partial charge on any atom is 0.430 e. The number of rotatable bonds is 9. The monoisotopic (exact) mass is 562 g/mol. The minimum Gasteiger partial charge on any atom is -0.481 e. The molecule has 1 aromatic carbocycles. The lowest BCUT2D eigenvalue weighted by atomic mass is 10.0. The molecule has 0 fully saturated rings. The summed E-state index contributed by atoms with van der Waals surface area (Å²) in [6.45, 7) is 0. The molecule has 38 heavy (non-hydrogen) atoms. The summed E-state index contributed by atoms with van der Waals surface area (Å²) in [7, 11) is -3.14. The van der Waals surface area contributed by atoms with E-state index in [0.717, 1.165) is 22.1 Å². The van der Waals surface area contributed by atoms with E-state index in [1.807, 2.05) is 11.4 Å². The first kappa shape index (κ1) is 27.1. The first-order chi connectivity index (χ1) is 17.9. The topological polar surface area (TPSA) is 125 Å². The number of aliphatic carboxylic acids is 1. The lowest BCUT2D eigenvalue weighted by Gasteiger charge is -2.10. The molecular formula is C25H21F3N4O4S2. The fraction of sp³-hybridized carbons (Fsp3) is 0.160. The van der Waals surface area contributed by atoms with Crippen molar-refractivity contribution in [2.24, 2.45) is 0 Å². The van der Waals surface area contributed by atoms with E-state index in [1.54, 1.807) is 36.7 Å². The largest absolute Gasteiger partial charge is 0.481 e. The van der Waals surface area contributed by atoms with Crippen molar-refractivity contribution in [3.8, 4) is 11.1 Å². The predicted octanol–water partition coefficient (Wildman–Crippen LogP) is 5.05. The van der Waals surface area contributed by atoms with Gasteiger partial charge in [0.25, 0.3) is 10.0 Å². The number of hydrogen-bond donors (Lipinski definition) is 3. The number of fused-ring (bicyclic) bond motifs is 1. The zero-order valence-electron chi connectivity index (χ0n) is 19.8. The van der Waals surface area contributed by atoms with Crippen LogP contribution in [0.2, 0.25) is 0 Å². The Morgan fingerprint density at radius 1 is 1.21 bits per heavy atom. The standard InChI is InChI=1S/C25H21F3N4O4S2/c1-30-22(25(26,27)28)12-19(29)21-7-9-24(37-21)38(35,36)32-14-17(5-8-23(33)34)18-11-15(4-6-20(18)32)16-3-2-10-31-13-16/h2-4,6-7,9-14,29-30H,5,8H2,1H3,(H,33,34)/b22-12-,29-19?. The van der Waals surface area contributed by atoms with Crippen LogP contribution in [0.5, 0.6) is 0 Å². The van der Waals surface area contributed by atoms with Crippen molar-refractivity contribution in [2.45, 2.75) is 23.2 Å². The minimum atomic E-state index is -4.70. The van der Waals surface area contributed by atoms with E-state index in [9.17, 15) is 31.5 Å². The summed E-state index contributed by atoms with van der Waals surface area (Å²) in [6.07, 6.45) is 0.409. The fourth-order valence-corrected chi connectivity index (χ4v) is 6.54. The number of hydrogen-bond acceptors (Lipinski definition) is 7. The van der Waals surface area contributed by atoms with Gasteiger partial charge in [-0.1, -0.05) is 12.1 Å². The van der Waals surface area contributed by atoms with Gasteiger partial charge in [-0.15, -0.1) is 11.3 Å². The molecule has 0 spiro atoms. The molecule has 0 saturated heterocycles. The van der Waals surface area contributed by atoms with Crippen LogP contribution < -0.4 is 5.32 Å². The molecule has 4 rings (SSSR count). The van der Waals surface area contributed by atoms with Crippen molar-refractivity contribution < 1.29 is 31.5 Å². The molecule has 0 unspecified atom stereocenters. The van der Waals surface area contributed by atoms with Crippen molar-refractivity contribution >= 4 is 43.9 Å². The predicted molar refractivity (Wildman–Crippen MR) is 138 cm³/mol. The smallest absolute Gasteiger partial charge is 0.430 e. The normalized spacial score (nSPS) is 12.6.